The molecule has 2 N–H and O–H groups in total. The second kappa shape index (κ2) is 5.87. The maximum atomic E-state index is 12.0. The molecule has 1 rings (SSSR count). The zero-order chi connectivity index (χ0) is 13.1. The van der Waals surface area contributed by atoms with Gasteiger partial charge in [-0.2, -0.15) is 13.2 Å². The van der Waals surface area contributed by atoms with E-state index in [1.165, 1.54) is 5.57 Å². The number of halogens is 3. The van der Waals surface area contributed by atoms with Gasteiger partial charge in [0.15, 0.2) is 6.10 Å². The Morgan fingerprint density at radius 1 is 1.53 bits per heavy atom. The molecule has 3 atom stereocenters. The number of hydrogen-bond acceptors (Lipinski definition) is 2. The van der Waals surface area contributed by atoms with Crippen LogP contribution >= 0.6 is 0 Å². The third-order valence-electron chi connectivity index (χ3n) is 3.03. The first-order valence-corrected chi connectivity index (χ1v) is 5.92. The van der Waals surface area contributed by atoms with Crippen LogP contribution < -0.4 is 5.32 Å². The molecule has 1 aliphatic carbocycles. The van der Waals surface area contributed by atoms with Gasteiger partial charge < -0.3 is 10.4 Å². The smallest absolute Gasteiger partial charge is 0.382 e. The summed E-state index contributed by atoms with van der Waals surface area (Å²) in [4.78, 5) is 0. The standard InChI is InChI=1S/C12H20F3NO/c1-8-3-9(2)5-10(4-8)6-16-7-11(17)12(13,14)15/h3,8,10-11,16-17H,4-7H2,1-2H3. The Morgan fingerprint density at radius 2 is 2.18 bits per heavy atom. The zero-order valence-corrected chi connectivity index (χ0v) is 10.2. The molecule has 5 heteroatoms. The maximum absolute atomic E-state index is 12.0. The predicted octanol–water partition coefficient (Wildman–Crippen LogP) is 2.49. The van der Waals surface area contributed by atoms with Gasteiger partial charge in [0.2, 0.25) is 0 Å². The molecule has 0 aromatic rings. The van der Waals surface area contributed by atoms with Crippen LogP contribution in [0.25, 0.3) is 0 Å². The number of alkyl halides is 3. The van der Waals surface area contributed by atoms with Gasteiger partial charge in [-0.15, -0.1) is 0 Å². The Bertz CT molecular complexity index is 275. The molecule has 3 unspecified atom stereocenters. The highest BCUT2D eigenvalue weighted by Crippen LogP contribution is 2.27. The van der Waals surface area contributed by atoms with E-state index in [0.29, 0.717) is 18.4 Å². The second-order valence-corrected chi connectivity index (χ2v) is 5.01. The van der Waals surface area contributed by atoms with Gasteiger partial charge in [0, 0.05) is 6.54 Å². The molecule has 0 heterocycles. The molecule has 0 aromatic carbocycles. The van der Waals surface area contributed by atoms with Gasteiger partial charge in [-0.05, 0) is 38.1 Å². The Morgan fingerprint density at radius 3 is 2.71 bits per heavy atom. The molecule has 100 valence electrons. The van der Waals surface area contributed by atoms with Crippen LogP contribution in [0.2, 0.25) is 0 Å². The monoisotopic (exact) mass is 251 g/mol. The minimum atomic E-state index is -4.53. The largest absolute Gasteiger partial charge is 0.415 e. The average molecular weight is 251 g/mol. The molecular weight excluding hydrogens is 231 g/mol. The highest BCUT2D eigenvalue weighted by atomic mass is 19.4. The number of nitrogens with one attached hydrogen (secondary N) is 1. The fourth-order valence-corrected chi connectivity index (χ4v) is 2.38. The summed E-state index contributed by atoms with van der Waals surface area (Å²) in [6.07, 6.45) is -2.66. The van der Waals surface area contributed by atoms with Crippen molar-refractivity contribution in [2.24, 2.45) is 11.8 Å². The van der Waals surface area contributed by atoms with Crippen LogP contribution in [-0.2, 0) is 0 Å². The lowest BCUT2D eigenvalue weighted by Gasteiger charge is -2.26. The molecule has 0 aliphatic heterocycles. The lowest BCUT2D eigenvalue weighted by Crippen LogP contribution is -2.40. The number of allylic oxidation sites excluding steroid dienone is 2. The number of hydrogen-bond donors (Lipinski definition) is 2. The molecule has 0 spiro atoms. The van der Waals surface area contributed by atoms with Crippen LogP contribution in [0, 0.1) is 11.8 Å². The molecule has 0 bridgehead atoms. The van der Waals surface area contributed by atoms with Crippen molar-refractivity contribution in [3.8, 4) is 0 Å². The SMILES string of the molecule is CC1=CC(C)CC(CNCC(O)C(F)(F)F)C1. The number of rotatable bonds is 4. The van der Waals surface area contributed by atoms with Gasteiger partial charge in [0.1, 0.15) is 0 Å². The molecule has 2 nitrogen and oxygen atoms in total. The van der Waals surface area contributed by atoms with Crippen LogP contribution in [-0.4, -0.2) is 30.5 Å². The van der Waals surface area contributed by atoms with Crippen molar-refractivity contribution in [2.45, 2.75) is 39.0 Å². The Hall–Kier alpha value is -0.550. The Balaban J connectivity index is 2.26. The summed E-state index contributed by atoms with van der Waals surface area (Å²) < 4.78 is 36.1. The normalized spacial score (nSPS) is 27.8. The molecule has 0 fully saturated rings. The summed E-state index contributed by atoms with van der Waals surface area (Å²) in [7, 11) is 0. The summed E-state index contributed by atoms with van der Waals surface area (Å²) in [5, 5.41) is 11.5. The van der Waals surface area contributed by atoms with Gasteiger partial charge in [-0.1, -0.05) is 18.6 Å². The maximum Gasteiger partial charge on any atom is 0.415 e. The molecule has 0 saturated carbocycles. The van der Waals surface area contributed by atoms with E-state index < -0.39 is 18.8 Å². The molecule has 1 aliphatic rings. The Labute approximate surface area is 99.9 Å². The lowest BCUT2D eigenvalue weighted by atomic mass is 9.84. The van der Waals surface area contributed by atoms with Crippen molar-refractivity contribution in [1.29, 1.82) is 0 Å². The van der Waals surface area contributed by atoms with E-state index in [1.54, 1.807) is 0 Å². The van der Waals surface area contributed by atoms with E-state index >= 15 is 0 Å². The highest BCUT2D eigenvalue weighted by Gasteiger charge is 2.37. The first kappa shape index (κ1) is 14.5. The van der Waals surface area contributed by atoms with Crippen LogP contribution in [0.15, 0.2) is 11.6 Å². The van der Waals surface area contributed by atoms with Crippen molar-refractivity contribution in [1.82, 2.24) is 5.32 Å². The van der Waals surface area contributed by atoms with Crippen molar-refractivity contribution in [2.75, 3.05) is 13.1 Å². The molecule has 0 aromatic heterocycles. The van der Waals surface area contributed by atoms with Gasteiger partial charge in [0.05, 0.1) is 0 Å². The van der Waals surface area contributed by atoms with Gasteiger partial charge in [-0.25, -0.2) is 0 Å². The third-order valence-corrected chi connectivity index (χ3v) is 3.03. The van der Waals surface area contributed by atoms with E-state index in [-0.39, 0.29) is 0 Å². The van der Waals surface area contributed by atoms with E-state index in [2.05, 4.69) is 18.3 Å². The van der Waals surface area contributed by atoms with Crippen LogP contribution in [0.1, 0.15) is 26.7 Å². The fraction of sp³-hybridized carbons (Fsp3) is 0.833. The summed E-state index contributed by atoms with van der Waals surface area (Å²) in [5.41, 5.74) is 1.30. The minimum absolute atomic E-state index is 0.371. The number of aliphatic hydroxyl groups is 1. The summed E-state index contributed by atoms with van der Waals surface area (Å²) >= 11 is 0. The molecule has 0 saturated heterocycles. The summed E-state index contributed by atoms with van der Waals surface area (Å²) in [5.74, 6) is 0.860. The molecule has 0 amide bonds. The van der Waals surface area contributed by atoms with Gasteiger partial charge in [-0.3, -0.25) is 0 Å². The first-order valence-electron chi connectivity index (χ1n) is 5.92. The summed E-state index contributed by atoms with van der Waals surface area (Å²) in [6, 6.07) is 0. The quantitative estimate of drug-likeness (QED) is 0.752. The molecular formula is C12H20F3NO. The van der Waals surface area contributed by atoms with Crippen LogP contribution in [0.4, 0.5) is 13.2 Å². The van der Waals surface area contributed by atoms with Crippen molar-refractivity contribution >= 4 is 0 Å². The fourth-order valence-electron chi connectivity index (χ4n) is 2.38. The van der Waals surface area contributed by atoms with Crippen molar-refractivity contribution < 1.29 is 18.3 Å². The Kier molecular flexibility index (Phi) is 5.01. The molecule has 17 heavy (non-hydrogen) atoms. The summed E-state index contributed by atoms with van der Waals surface area (Å²) in [6.45, 7) is 4.27. The van der Waals surface area contributed by atoms with Crippen molar-refractivity contribution in [3.05, 3.63) is 11.6 Å². The van der Waals surface area contributed by atoms with Crippen molar-refractivity contribution in [3.63, 3.8) is 0 Å². The predicted molar refractivity (Wildman–Crippen MR) is 60.6 cm³/mol. The van der Waals surface area contributed by atoms with E-state index in [4.69, 9.17) is 5.11 Å². The van der Waals surface area contributed by atoms with E-state index in [1.807, 2.05) is 6.92 Å². The van der Waals surface area contributed by atoms with E-state index in [0.717, 1.165) is 12.8 Å². The number of aliphatic hydroxyl groups excluding tert-OH is 1. The van der Waals surface area contributed by atoms with Gasteiger partial charge in [0.25, 0.3) is 0 Å². The van der Waals surface area contributed by atoms with Gasteiger partial charge >= 0.3 is 6.18 Å². The lowest BCUT2D eigenvalue weighted by molar-refractivity contribution is -0.201. The molecule has 0 radical (unpaired) electrons. The topological polar surface area (TPSA) is 32.3 Å². The first-order chi connectivity index (χ1) is 7.79. The van der Waals surface area contributed by atoms with Crippen LogP contribution in [0.5, 0.6) is 0 Å². The zero-order valence-electron chi connectivity index (χ0n) is 10.2. The third kappa shape index (κ3) is 5.08. The average Bonchev–Trinajstić information content (AvgIpc) is 2.14. The van der Waals surface area contributed by atoms with Crippen LogP contribution in [0.3, 0.4) is 0 Å². The second-order valence-electron chi connectivity index (χ2n) is 5.01. The minimum Gasteiger partial charge on any atom is -0.382 e. The van der Waals surface area contributed by atoms with E-state index in [9.17, 15) is 13.2 Å². The highest BCUT2D eigenvalue weighted by molar-refractivity contribution is 5.06.